The van der Waals surface area contributed by atoms with Crippen LogP contribution in [0.15, 0.2) is 41.8 Å². The van der Waals surface area contributed by atoms with Gasteiger partial charge in [-0.15, -0.1) is 11.3 Å². The van der Waals surface area contributed by atoms with Crippen LogP contribution in [0.1, 0.15) is 105 Å². The van der Waals surface area contributed by atoms with Gasteiger partial charge in [0.25, 0.3) is 0 Å². The number of phenolic OH excluding ortho intramolecular Hbond substituents is 2. The smallest absolute Gasteiger partial charge is 0.231 e. The molecule has 0 unspecified atom stereocenters. The molecule has 1 heterocycles. The lowest BCUT2D eigenvalue weighted by atomic mass is 9.96. The average Bonchev–Trinajstić information content (AvgIpc) is 3.54. The first-order valence-electron chi connectivity index (χ1n) is 18.7. The van der Waals surface area contributed by atoms with E-state index >= 15 is 0 Å². The molecule has 2 aromatic carbocycles. The van der Waals surface area contributed by atoms with E-state index in [9.17, 15) is 34.2 Å². The quantitative estimate of drug-likeness (QED) is 0.0521. The molecule has 3 rings (SSSR count). The van der Waals surface area contributed by atoms with Gasteiger partial charge in [-0.25, -0.2) is 4.98 Å². The summed E-state index contributed by atoms with van der Waals surface area (Å²) in [7, 11) is 0. The van der Waals surface area contributed by atoms with Gasteiger partial charge in [0.15, 0.2) is 26.3 Å². The van der Waals surface area contributed by atoms with Crippen molar-refractivity contribution in [2.75, 3.05) is 10.6 Å². The standard InChI is InChI=1S/C14H16N2O3S.C10H11BrO.2C6H12N2OS.C5H9ClO.CH4N2S/c1-14(2,3)12(19)16-13-15-10(7-20-13)9-5-4-8(17)6-11(9)18;1-7-3-4-9(8(2)5-7)10(12)6-11;2*1-6(2,3)4(9)8-5(7)10;1-5(2,3)4(6)7;2-1(3)4/h4-7,17-18H,1-3H3,(H,15,16,19);3-5H,6H2,1-2H3;2*1-3H3,(H3,7,8,9,10);1-3H3;(H4,2,3,4). The normalized spacial score (nSPS) is 10.5. The summed E-state index contributed by atoms with van der Waals surface area (Å²) in [5.41, 5.74) is 21.8. The molecule has 0 bridgehead atoms. The summed E-state index contributed by atoms with van der Waals surface area (Å²) in [4.78, 5) is 59.7. The van der Waals surface area contributed by atoms with Gasteiger partial charge in [-0.1, -0.05) is 123 Å². The van der Waals surface area contributed by atoms with E-state index in [-0.39, 0.29) is 61.0 Å². The highest BCUT2D eigenvalue weighted by atomic mass is 79.9. The molecule has 13 N–H and O–H groups in total. The third-order valence-corrected chi connectivity index (χ3v) is 8.93. The van der Waals surface area contributed by atoms with Gasteiger partial charge in [-0.3, -0.25) is 24.0 Å². The number of nitrogens with zero attached hydrogens (tertiary/aromatic N) is 1. The van der Waals surface area contributed by atoms with Crippen molar-refractivity contribution < 1.29 is 34.2 Å². The van der Waals surface area contributed by atoms with E-state index in [1.165, 1.54) is 29.0 Å². The van der Waals surface area contributed by atoms with Gasteiger partial charge in [0.05, 0.1) is 11.0 Å². The highest BCUT2D eigenvalue weighted by Gasteiger charge is 2.23. The van der Waals surface area contributed by atoms with Crippen molar-refractivity contribution in [1.82, 2.24) is 15.6 Å². The molecule has 3 aromatic rings. The molecule has 0 aliphatic heterocycles. The Morgan fingerprint density at radius 1 is 0.714 bits per heavy atom. The van der Waals surface area contributed by atoms with Gasteiger partial charge >= 0.3 is 0 Å². The van der Waals surface area contributed by atoms with E-state index in [4.69, 9.17) is 23.1 Å². The summed E-state index contributed by atoms with van der Waals surface area (Å²) in [5.74, 6) is -0.340. The third-order valence-electron chi connectivity index (χ3n) is 6.89. The van der Waals surface area contributed by atoms with E-state index in [1.807, 2.05) is 52.8 Å². The molecule has 0 fully saturated rings. The number of hydrogen-bond acceptors (Lipinski definition) is 12. The second kappa shape index (κ2) is 28.5. The number of hydrogen-bond donors (Lipinski definition) is 9. The number of halogens is 2. The van der Waals surface area contributed by atoms with Crippen molar-refractivity contribution in [2.45, 2.75) is 96.9 Å². The molecule has 0 aliphatic carbocycles. The third kappa shape index (κ3) is 30.4. The van der Waals surface area contributed by atoms with Crippen LogP contribution in [0.5, 0.6) is 11.5 Å². The largest absolute Gasteiger partial charge is 0.508 e. The topological polar surface area (TPSA) is 279 Å². The minimum absolute atomic E-state index is 0.000000000000000222. The van der Waals surface area contributed by atoms with Gasteiger partial charge in [-0.2, -0.15) is 0 Å². The summed E-state index contributed by atoms with van der Waals surface area (Å²) in [6.07, 6.45) is 0. The monoisotopic (exact) mass is 1030 g/mol. The Labute approximate surface area is 405 Å². The van der Waals surface area contributed by atoms with Crippen LogP contribution in [0, 0.1) is 35.5 Å². The van der Waals surface area contributed by atoms with Crippen molar-refractivity contribution in [2.24, 2.45) is 44.6 Å². The number of carbonyl (C=O) groups excluding carboxylic acids is 5. The fraction of sp³-hybridized carbons (Fsp3) is 0.452. The SMILES string of the molecule is CC(C)(C)C(=O)Cl.CC(C)(C)C(=O)NC(N)=S.CC(C)(C)C(=O)NC(N)=S.CC(C)(C)C(=O)Nc1nc(-c2ccc(O)cc2O)cs1.Cc1ccc(C(=O)CBr)c(C)c1.NC(N)=S. The molecule has 0 radical (unpaired) electrons. The first-order valence-corrected chi connectivity index (χ1v) is 22.3. The zero-order valence-corrected chi connectivity index (χ0v) is 43.9. The van der Waals surface area contributed by atoms with Crippen molar-refractivity contribution in [3.8, 4) is 22.8 Å². The number of thiocarbonyl (C=S) groups is 3. The lowest BCUT2D eigenvalue weighted by Crippen LogP contribution is -2.41. The Morgan fingerprint density at radius 3 is 1.43 bits per heavy atom. The Kier molecular flexibility index (Phi) is 28.4. The number of nitrogens with two attached hydrogens (primary N) is 4. The zero-order chi connectivity index (χ0) is 50.4. The van der Waals surface area contributed by atoms with Crippen LogP contribution in [-0.2, 0) is 19.2 Å². The second-order valence-corrected chi connectivity index (χ2v) is 20.5. The summed E-state index contributed by atoms with van der Waals surface area (Å²) in [5, 5.41) is 28.9. The van der Waals surface area contributed by atoms with Crippen LogP contribution < -0.4 is 38.9 Å². The van der Waals surface area contributed by atoms with Crippen molar-refractivity contribution in [1.29, 1.82) is 0 Å². The number of aromatic nitrogens is 1. The Morgan fingerprint density at radius 2 is 1.13 bits per heavy atom. The summed E-state index contributed by atoms with van der Waals surface area (Å²) in [6.45, 7) is 25.5. The van der Waals surface area contributed by atoms with Crippen LogP contribution >= 0.6 is 75.5 Å². The molecule has 1 aromatic heterocycles. The molecule has 0 saturated heterocycles. The van der Waals surface area contributed by atoms with Gasteiger partial charge in [0.1, 0.15) is 11.5 Å². The van der Waals surface area contributed by atoms with Crippen LogP contribution in [0.2, 0.25) is 0 Å². The molecule has 21 heteroatoms. The molecule has 0 atom stereocenters. The number of amides is 3. The summed E-state index contributed by atoms with van der Waals surface area (Å²) in [6, 6.07) is 10.2. The molecule has 63 heavy (non-hydrogen) atoms. The van der Waals surface area contributed by atoms with Crippen LogP contribution in [0.4, 0.5) is 5.13 Å². The number of nitrogens with one attached hydrogen (secondary N) is 3. The highest BCUT2D eigenvalue weighted by Crippen LogP contribution is 2.34. The number of phenols is 2. The molecule has 3 amide bonds. The molecular formula is C42H64BrClN8O7S4. The number of benzene rings is 2. The number of ketones is 1. The van der Waals surface area contributed by atoms with Crippen molar-refractivity contribution in [3.63, 3.8) is 0 Å². The number of rotatable bonds is 4. The van der Waals surface area contributed by atoms with Gasteiger partial charge in [0.2, 0.25) is 23.0 Å². The van der Waals surface area contributed by atoms with E-state index in [2.05, 4.69) is 85.0 Å². The lowest BCUT2D eigenvalue weighted by molar-refractivity contribution is -0.127. The Balaban J connectivity index is -0.000000733. The lowest BCUT2D eigenvalue weighted by Gasteiger charge is -2.16. The van der Waals surface area contributed by atoms with E-state index in [0.29, 0.717) is 21.7 Å². The van der Waals surface area contributed by atoms with E-state index in [0.717, 1.165) is 11.1 Å². The molecule has 0 saturated carbocycles. The Bertz CT molecular complexity index is 2010. The number of carbonyl (C=O) groups is 5. The number of thiazole rings is 1. The van der Waals surface area contributed by atoms with Crippen molar-refractivity contribution >= 4 is 125 Å². The second-order valence-electron chi connectivity index (χ2n) is 17.4. The molecule has 15 nitrogen and oxygen atoms in total. The fourth-order valence-electron chi connectivity index (χ4n) is 3.27. The van der Waals surface area contributed by atoms with Gasteiger partial charge < -0.3 is 49.1 Å². The minimum Gasteiger partial charge on any atom is -0.508 e. The summed E-state index contributed by atoms with van der Waals surface area (Å²) >= 11 is 22.6. The maximum absolute atomic E-state index is 11.9. The zero-order valence-electron chi connectivity index (χ0n) is 38.3. The van der Waals surface area contributed by atoms with Crippen LogP contribution in [0.3, 0.4) is 0 Å². The highest BCUT2D eigenvalue weighted by molar-refractivity contribution is 9.09. The first-order chi connectivity index (χ1) is 28.3. The van der Waals surface area contributed by atoms with Crippen LogP contribution in [-0.4, -0.2) is 64.6 Å². The Hall–Kier alpha value is -4.34. The number of aromatic hydroxyl groups is 2. The van der Waals surface area contributed by atoms with E-state index in [1.54, 1.807) is 73.8 Å². The maximum Gasteiger partial charge on any atom is 0.231 e. The molecule has 0 aliphatic rings. The number of aryl methyl sites for hydroxylation is 2. The van der Waals surface area contributed by atoms with E-state index < -0.39 is 16.2 Å². The van der Waals surface area contributed by atoms with Crippen LogP contribution in [0.25, 0.3) is 11.3 Å². The van der Waals surface area contributed by atoms with Crippen molar-refractivity contribution in [3.05, 3.63) is 58.5 Å². The first kappa shape index (κ1) is 63.0. The number of anilines is 1. The van der Waals surface area contributed by atoms with Gasteiger partial charge in [0, 0.05) is 44.2 Å². The van der Waals surface area contributed by atoms with Gasteiger partial charge in [-0.05, 0) is 79.8 Å². The average molecular weight is 1040 g/mol. The fourth-order valence-corrected chi connectivity index (χ4v) is 4.47. The summed E-state index contributed by atoms with van der Waals surface area (Å²) < 4.78 is 0. The number of alkyl halides is 1. The maximum atomic E-state index is 11.9. The number of Topliss-reactive ketones (excluding diaryl/α,β-unsaturated/α-hetero) is 1. The predicted octanol–water partition coefficient (Wildman–Crippen LogP) is 7.86. The minimum atomic E-state index is -0.494. The molecule has 0 spiro atoms. The molecular weight excluding hydrogens is 972 g/mol. The predicted molar refractivity (Wildman–Crippen MR) is 273 cm³/mol. The molecule has 352 valence electrons.